The van der Waals surface area contributed by atoms with E-state index in [4.69, 9.17) is 9.47 Å². The van der Waals surface area contributed by atoms with Crippen molar-refractivity contribution in [3.05, 3.63) is 39.2 Å². The lowest BCUT2D eigenvalue weighted by Crippen LogP contribution is -2.32. The highest BCUT2D eigenvalue weighted by atomic mass is 32.2. The number of esters is 1. The maximum atomic E-state index is 13.2. The molecule has 0 fully saturated rings. The molecular weight excluding hydrogens is 550 g/mol. The van der Waals surface area contributed by atoms with Crippen LogP contribution in [-0.4, -0.2) is 70.3 Å². The Hall–Kier alpha value is -2.96. The Morgan fingerprint density at radius 2 is 2.12 bits per heavy atom. The number of thioether (sulfide) groups is 1. The van der Waals surface area contributed by atoms with Crippen molar-refractivity contribution in [2.75, 3.05) is 37.9 Å². The van der Waals surface area contributed by atoms with Crippen LogP contribution in [0.15, 0.2) is 16.9 Å². The van der Waals surface area contributed by atoms with Crippen molar-refractivity contribution in [1.29, 1.82) is 0 Å². The quantitative estimate of drug-likeness (QED) is 0.235. The molecule has 40 heavy (non-hydrogen) atoms. The molecular formula is C28H37N5O5S2. The lowest BCUT2D eigenvalue weighted by Gasteiger charge is -2.20. The summed E-state index contributed by atoms with van der Waals surface area (Å²) in [4.78, 5) is 46.5. The van der Waals surface area contributed by atoms with E-state index in [1.165, 1.54) is 23.1 Å². The fraction of sp³-hybridized carbons (Fsp3) is 0.536. The molecule has 2 amide bonds. The second-order valence-electron chi connectivity index (χ2n) is 9.85. The molecule has 0 saturated heterocycles. The number of hydrogen-bond donors (Lipinski definition) is 1. The first-order valence-corrected chi connectivity index (χ1v) is 15.4. The third kappa shape index (κ3) is 6.84. The summed E-state index contributed by atoms with van der Waals surface area (Å²) in [6.45, 7) is 7.03. The molecule has 1 atom stereocenters. The number of aryl methyl sites for hydroxylation is 2. The fourth-order valence-corrected chi connectivity index (χ4v) is 7.11. The van der Waals surface area contributed by atoms with Gasteiger partial charge >= 0.3 is 5.97 Å². The van der Waals surface area contributed by atoms with Gasteiger partial charge in [0.1, 0.15) is 10.7 Å². The van der Waals surface area contributed by atoms with E-state index in [-0.39, 0.29) is 24.2 Å². The van der Waals surface area contributed by atoms with Crippen LogP contribution in [-0.2, 0) is 39.0 Å². The summed E-state index contributed by atoms with van der Waals surface area (Å²) in [5.74, 6) is -0.264. The van der Waals surface area contributed by atoms with E-state index in [1.807, 2.05) is 20.2 Å². The van der Waals surface area contributed by atoms with Gasteiger partial charge < -0.3 is 14.8 Å². The van der Waals surface area contributed by atoms with Crippen LogP contribution in [0.2, 0.25) is 0 Å². The second kappa shape index (κ2) is 13.6. The Morgan fingerprint density at radius 1 is 1.32 bits per heavy atom. The Bertz CT molecular complexity index is 1330. The summed E-state index contributed by atoms with van der Waals surface area (Å²) >= 11 is 2.67. The number of anilines is 1. The van der Waals surface area contributed by atoms with Crippen LogP contribution in [0, 0.1) is 12.8 Å². The van der Waals surface area contributed by atoms with Gasteiger partial charge in [-0.15, -0.1) is 11.3 Å². The van der Waals surface area contributed by atoms with Gasteiger partial charge in [-0.25, -0.2) is 9.79 Å². The standard InChI is InChI=1S/C28H37N5O5S2/c1-6-18-9-10-20-22(13-18)40-25(24(20)27(36)38-7-2)30-23(34)16-39-28-29-21(14-19-15-32(4)31-17(19)3)26(35)33(28)11-8-12-37-5/h14-15,18H,6-13,16H2,1-5H3,(H,30,34)/b21-14+/t18-/m1/s1. The first-order chi connectivity index (χ1) is 19.2. The van der Waals surface area contributed by atoms with Crippen molar-refractivity contribution in [3.8, 4) is 0 Å². The van der Waals surface area contributed by atoms with E-state index in [2.05, 4.69) is 22.3 Å². The minimum absolute atomic E-state index is 0.0362. The maximum absolute atomic E-state index is 13.2. The number of carbonyl (C=O) groups is 3. The number of amides is 2. The maximum Gasteiger partial charge on any atom is 0.341 e. The van der Waals surface area contributed by atoms with E-state index < -0.39 is 5.97 Å². The zero-order chi connectivity index (χ0) is 28.8. The highest BCUT2D eigenvalue weighted by Crippen LogP contribution is 2.41. The number of rotatable bonds is 11. The summed E-state index contributed by atoms with van der Waals surface area (Å²) < 4.78 is 12.2. The minimum atomic E-state index is -0.395. The van der Waals surface area contributed by atoms with Crippen molar-refractivity contribution >= 4 is 57.1 Å². The molecule has 2 aromatic rings. The molecule has 10 nitrogen and oxygen atoms in total. The van der Waals surface area contributed by atoms with Crippen LogP contribution in [0.4, 0.5) is 5.00 Å². The summed E-state index contributed by atoms with van der Waals surface area (Å²) in [6.07, 6.45) is 8.03. The first kappa shape index (κ1) is 30.0. The number of ether oxygens (including phenoxy) is 2. The highest BCUT2D eigenvalue weighted by Gasteiger charge is 2.32. The van der Waals surface area contributed by atoms with Gasteiger partial charge in [0, 0.05) is 43.9 Å². The molecule has 1 aliphatic carbocycles. The van der Waals surface area contributed by atoms with Gasteiger partial charge in [0.15, 0.2) is 5.17 Å². The Morgan fingerprint density at radius 3 is 2.80 bits per heavy atom. The number of amidine groups is 1. The molecule has 0 radical (unpaired) electrons. The predicted octanol–water partition coefficient (Wildman–Crippen LogP) is 4.43. The summed E-state index contributed by atoms with van der Waals surface area (Å²) in [6, 6.07) is 0. The van der Waals surface area contributed by atoms with Crippen LogP contribution >= 0.6 is 23.1 Å². The number of nitrogens with zero attached hydrogens (tertiary/aromatic N) is 4. The van der Waals surface area contributed by atoms with Crippen LogP contribution in [0.25, 0.3) is 6.08 Å². The molecule has 0 saturated carbocycles. The highest BCUT2D eigenvalue weighted by molar-refractivity contribution is 8.14. The molecule has 12 heteroatoms. The zero-order valence-corrected chi connectivity index (χ0v) is 25.4. The average molecular weight is 588 g/mol. The number of aliphatic imine (C=N–C) groups is 1. The van der Waals surface area contributed by atoms with Gasteiger partial charge in [0.05, 0.1) is 23.6 Å². The largest absolute Gasteiger partial charge is 0.462 e. The van der Waals surface area contributed by atoms with Crippen molar-refractivity contribution in [2.24, 2.45) is 18.0 Å². The van der Waals surface area contributed by atoms with Crippen LogP contribution in [0.5, 0.6) is 0 Å². The third-order valence-electron chi connectivity index (χ3n) is 6.99. The molecule has 0 unspecified atom stereocenters. The van der Waals surface area contributed by atoms with E-state index >= 15 is 0 Å². The molecule has 0 bridgehead atoms. The fourth-order valence-electron chi connectivity index (χ4n) is 4.91. The molecule has 2 aliphatic rings. The van der Waals surface area contributed by atoms with Crippen molar-refractivity contribution in [3.63, 3.8) is 0 Å². The molecule has 3 heterocycles. The van der Waals surface area contributed by atoms with E-state index in [0.29, 0.717) is 46.9 Å². The van der Waals surface area contributed by atoms with Crippen molar-refractivity contribution in [1.82, 2.24) is 14.7 Å². The first-order valence-electron chi connectivity index (χ1n) is 13.6. The molecule has 216 valence electrons. The molecule has 1 N–H and O–H groups in total. The van der Waals surface area contributed by atoms with Crippen molar-refractivity contribution < 1.29 is 23.9 Å². The topological polar surface area (TPSA) is 115 Å². The van der Waals surface area contributed by atoms with Crippen molar-refractivity contribution in [2.45, 2.75) is 52.9 Å². The van der Waals surface area contributed by atoms with E-state index in [0.717, 1.165) is 47.4 Å². The molecule has 0 aromatic carbocycles. The lowest BCUT2D eigenvalue weighted by molar-refractivity contribution is -0.122. The second-order valence-corrected chi connectivity index (χ2v) is 11.9. The van der Waals surface area contributed by atoms with Gasteiger partial charge in [-0.2, -0.15) is 5.10 Å². The van der Waals surface area contributed by atoms with Gasteiger partial charge in [0.25, 0.3) is 5.91 Å². The number of carbonyl (C=O) groups excluding carboxylic acids is 3. The molecule has 0 spiro atoms. The number of methoxy groups -OCH3 is 1. The van der Waals surface area contributed by atoms with E-state index in [9.17, 15) is 14.4 Å². The number of hydrogen-bond acceptors (Lipinski definition) is 9. The van der Waals surface area contributed by atoms with Gasteiger partial charge in [0.2, 0.25) is 5.91 Å². The number of thiophene rings is 1. The summed E-state index contributed by atoms with van der Waals surface area (Å²) in [5, 5.41) is 8.30. The normalized spacial score (nSPS) is 17.8. The lowest BCUT2D eigenvalue weighted by atomic mass is 9.85. The summed E-state index contributed by atoms with van der Waals surface area (Å²) in [7, 11) is 3.44. The van der Waals surface area contributed by atoms with Gasteiger partial charge in [-0.05, 0) is 57.1 Å². The van der Waals surface area contributed by atoms with E-state index in [1.54, 1.807) is 29.7 Å². The minimum Gasteiger partial charge on any atom is -0.462 e. The number of nitrogens with one attached hydrogen (secondary N) is 1. The average Bonchev–Trinajstić information content (AvgIpc) is 3.54. The third-order valence-corrected chi connectivity index (χ3v) is 9.14. The molecule has 4 rings (SSSR count). The monoisotopic (exact) mass is 587 g/mol. The zero-order valence-electron chi connectivity index (χ0n) is 23.7. The summed E-state index contributed by atoms with van der Waals surface area (Å²) in [5.41, 5.74) is 3.41. The smallest absolute Gasteiger partial charge is 0.341 e. The predicted molar refractivity (Wildman–Crippen MR) is 159 cm³/mol. The SMILES string of the molecule is CCOC(=O)c1c(NC(=O)CSC2=N/C(=C/c3cn(C)nc3C)C(=O)N2CCCOC)sc2c1CC[C@@H](CC)C2. The number of aromatic nitrogens is 2. The van der Waals surface area contributed by atoms with Gasteiger partial charge in [-0.3, -0.25) is 19.2 Å². The van der Waals surface area contributed by atoms with Crippen LogP contribution in [0.1, 0.15) is 65.2 Å². The molecule has 1 aliphatic heterocycles. The van der Waals surface area contributed by atoms with Crippen LogP contribution < -0.4 is 5.32 Å². The Labute approximate surface area is 243 Å². The number of fused-ring (bicyclic) bond motifs is 1. The van der Waals surface area contributed by atoms with Crippen LogP contribution in [0.3, 0.4) is 0 Å². The Balaban J connectivity index is 1.51. The molecule has 2 aromatic heterocycles. The van der Waals surface area contributed by atoms with Gasteiger partial charge in [-0.1, -0.05) is 25.1 Å². The Kier molecular flexibility index (Phi) is 10.2.